The van der Waals surface area contributed by atoms with E-state index in [0.29, 0.717) is 0 Å². The predicted molar refractivity (Wildman–Crippen MR) is 57.9 cm³/mol. The second kappa shape index (κ2) is 2.55. The molecule has 4 rings (SSSR count). The van der Waals surface area contributed by atoms with E-state index in [1.165, 1.54) is 11.1 Å². The van der Waals surface area contributed by atoms with E-state index >= 15 is 0 Å². The molecule has 2 heterocycles. The molecular formula is C12H11N3. The lowest BCUT2D eigenvalue weighted by atomic mass is 9.70. The number of hydrogen-bond acceptors (Lipinski definition) is 3. The van der Waals surface area contributed by atoms with Gasteiger partial charge in [0.1, 0.15) is 0 Å². The number of nitrogens with one attached hydrogen (secondary N) is 1. The van der Waals surface area contributed by atoms with Crippen LogP contribution in [0.3, 0.4) is 0 Å². The van der Waals surface area contributed by atoms with E-state index in [2.05, 4.69) is 27.4 Å². The molecule has 0 radical (unpaired) electrons. The van der Waals surface area contributed by atoms with E-state index in [4.69, 9.17) is 0 Å². The largest absolute Gasteiger partial charge is 0.315 e. The molecule has 1 fully saturated rings. The Morgan fingerprint density at radius 2 is 1.47 bits per heavy atom. The quantitative estimate of drug-likeness (QED) is 0.694. The molecule has 2 aromatic rings. The SMILES string of the molecule is c1cnc2cc3c(cc2n1)C1CNCC31. The average molecular weight is 197 g/mol. The van der Waals surface area contributed by atoms with E-state index < -0.39 is 0 Å². The van der Waals surface area contributed by atoms with Gasteiger partial charge in [0.15, 0.2) is 0 Å². The highest BCUT2D eigenvalue weighted by atomic mass is 14.9. The summed E-state index contributed by atoms with van der Waals surface area (Å²) in [4.78, 5) is 8.70. The summed E-state index contributed by atoms with van der Waals surface area (Å²) in [5.74, 6) is 1.46. The molecule has 1 aliphatic heterocycles. The zero-order chi connectivity index (χ0) is 9.83. The molecule has 2 aliphatic rings. The van der Waals surface area contributed by atoms with E-state index in [0.717, 1.165) is 36.0 Å². The summed E-state index contributed by atoms with van der Waals surface area (Å²) >= 11 is 0. The molecule has 0 spiro atoms. The van der Waals surface area contributed by atoms with E-state index in [9.17, 15) is 0 Å². The molecule has 1 saturated heterocycles. The van der Waals surface area contributed by atoms with Crippen LogP contribution in [-0.2, 0) is 0 Å². The molecule has 1 aliphatic carbocycles. The predicted octanol–water partition coefficient (Wildman–Crippen LogP) is 1.41. The minimum absolute atomic E-state index is 0.728. The molecule has 74 valence electrons. The summed E-state index contributed by atoms with van der Waals surface area (Å²) in [5, 5.41) is 3.44. The van der Waals surface area contributed by atoms with Crippen LogP contribution >= 0.6 is 0 Å². The topological polar surface area (TPSA) is 37.8 Å². The molecule has 2 unspecified atom stereocenters. The van der Waals surface area contributed by atoms with Crippen LogP contribution in [-0.4, -0.2) is 23.1 Å². The van der Waals surface area contributed by atoms with Crippen molar-refractivity contribution in [3.63, 3.8) is 0 Å². The Morgan fingerprint density at radius 3 is 2.00 bits per heavy atom. The number of aromatic nitrogens is 2. The maximum atomic E-state index is 4.35. The maximum absolute atomic E-state index is 4.35. The minimum atomic E-state index is 0.728. The van der Waals surface area contributed by atoms with Crippen molar-refractivity contribution in [2.75, 3.05) is 13.1 Å². The molecule has 1 aromatic carbocycles. The van der Waals surface area contributed by atoms with Gasteiger partial charge in [-0.15, -0.1) is 0 Å². The van der Waals surface area contributed by atoms with Crippen LogP contribution in [0.4, 0.5) is 0 Å². The molecule has 0 amide bonds. The van der Waals surface area contributed by atoms with Crippen molar-refractivity contribution < 1.29 is 0 Å². The second-order valence-electron chi connectivity index (χ2n) is 4.40. The fraction of sp³-hybridized carbons (Fsp3) is 0.333. The molecule has 1 aromatic heterocycles. The number of fused-ring (bicyclic) bond motifs is 5. The highest BCUT2D eigenvalue weighted by Gasteiger charge is 2.41. The van der Waals surface area contributed by atoms with Gasteiger partial charge in [-0.05, 0) is 23.3 Å². The fourth-order valence-corrected chi connectivity index (χ4v) is 2.92. The summed E-state index contributed by atoms with van der Waals surface area (Å²) in [6.45, 7) is 2.26. The third-order valence-corrected chi connectivity index (χ3v) is 3.69. The highest BCUT2D eigenvalue weighted by molar-refractivity contribution is 5.78. The smallest absolute Gasteiger partial charge is 0.0889 e. The lowest BCUT2D eigenvalue weighted by Gasteiger charge is -2.33. The first kappa shape index (κ1) is 7.77. The van der Waals surface area contributed by atoms with Crippen molar-refractivity contribution in [3.05, 3.63) is 35.7 Å². The number of hydrogen-bond donors (Lipinski definition) is 1. The molecule has 3 heteroatoms. The van der Waals surface area contributed by atoms with Crippen LogP contribution < -0.4 is 5.32 Å². The molecule has 1 N–H and O–H groups in total. The van der Waals surface area contributed by atoms with E-state index in [-0.39, 0.29) is 0 Å². The van der Waals surface area contributed by atoms with Gasteiger partial charge >= 0.3 is 0 Å². The van der Waals surface area contributed by atoms with Crippen LogP contribution in [0.25, 0.3) is 11.0 Å². The summed E-state index contributed by atoms with van der Waals surface area (Å²) in [7, 11) is 0. The molecule has 0 bridgehead atoms. The van der Waals surface area contributed by atoms with Gasteiger partial charge in [0, 0.05) is 37.3 Å². The van der Waals surface area contributed by atoms with Crippen LogP contribution in [0.2, 0.25) is 0 Å². The van der Waals surface area contributed by atoms with Crippen LogP contribution in [0, 0.1) is 0 Å². The number of rotatable bonds is 0. The van der Waals surface area contributed by atoms with Crippen molar-refractivity contribution in [1.29, 1.82) is 0 Å². The van der Waals surface area contributed by atoms with Crippen molar-refractivity contribution in [2.45, 2.75) is 11.8 Å². The first-order valence-corrected chi connectivity index (χ1v) is 5.39. The first-order valence-electron chi connectivity index (χ1n) is 5.39. The Bertz CT molecular complexity index is 501. The Balaban J connectivity index is 2.00. The Kier molecular flexibility index (Phi) is 1.32. The molecule has 0 saturated carbocycles. The van der Waals surface area contributed by atoms with Gasteiger partial charge in [0.25, 0.3) is 0 Å². The summed E-state index contributed by atoms with van der Waals surface area (Å²) in [6, 6.07) is 4.43. The molecule has 3 nitrogen and oxygen atoms in total. The highest BCUT2D eigenvalue weighted by Crippen LogP contribution is 2.49. The van der Waals surface area contributed by atoms with Gasteiger partial charge in [-0.25, -0.2) is 0 Å². The summed E-state index contributed by atoms with van der Waals surface area (Å²) in [5.41, 5.74) is 5.03. The normalized spacial score (nSPS) is 27.2. The summed E-state index contributed by atoms with van der Waals surface area (Å²) < 4.78 is 0. The molecule has 2 atom stereocenters. The van der Waals surface area contributed by atoms with Crippen LogP contribution in [0.1, 0.15) is 23.0 Å². The molecular weight excluding hydrogens is 186 g/mol. The van der Waals surface area contributed by atoms with E-state index in [1.54, 1.807) is 12.4 Å². The lowest BCUT2D eigenvalue weighted by molar-refractivity contribution is 0.581. The van der Waals surface area contributed by atoms with Gasteiger partial charge in [0.2, 0.25) is 0 Å². The zero-order valence-corrected chi connectivity index (χ0v) is 8.27. The van der Waals surface area contributed by atoms with Gasteiger partial charge < -0.3 is 5.32 Å². The van der Waals surface area contributed by atoms with E-state index in [1.807, 2.05) is 0 Å². The van der Waals surface area contributed by atoms with Gasteiger partial charge in [-0.1, -0.05) is 0 Å². The standard InChI is InChI=1S/C12H11N3/c1-2-15-12-4-8-7(3-11(12)14-1)9-5-13-6-10(8)9/h1-4,9-10,13H,5-6H2. The fourth-order valence-electron chi connectivity index (χ4n) is 2.92. The van der Waals surface area contributed by atoms with Crippen molar-refractivity contribution in [2.24, 2.45) is 0 Å². The monoisotopic (exact) mass is 197 g/mol. The van der Waals surface area contributed by atoms with Crippen molar-refractivity contribution in [3.8, 4) is 0 Å². The van der Waals surface area contributed by atoms with Crippen molar-refractivity contribution in [1.82, 2.24) is 15.3 Å². The first-order chi connectivity index (χ1) is 7.43. The Labute approximate surface area is 87.6 Å². The number of nitrogens with zero attached hydrogens (tertiary/aromatic N) is 2. The summed E-state index contributed by atoms with van der Waals surface area (Å²) in [6.07, 6.45) is 3.52. The van der Waals surface area contributed by atoms with Crippen LogP contribution in [0.15, 0.2) is 24.5 Å². The van der Waals surface area contributed by atoms with Gasteiger partial charge in [-0.2, -0.15) is 0 Å². The maximum Gasteiger partial charge on any atom is 0.0889 e. The number of benzene rings is 1. The third kappa shape index (κ3) is 0.887. The van der Waals surface area contributed by atoms with Crippen molar-refractivity contribution >= 4 is 11.0 Å². The molecule has 15 heavy (non-hydrogen) atoms. The van der Waals surface area contributed by atoms with Gasteiger partial charge in [-0.3, -0.25) is 9.97 Å². The second-order valence-corrected chi connectivity index (χ2v) is 4.40. The minimum Gasteiger partial charge on any atom is -0.315 e. The average Bonchev–Trinajstić information content (AvgIpc) is 2.70. The lowest BCUT2D eigenvalue weighted by Crippen LogP contribution is -2.22. The Hall–Kier alpha value is -1.48. The van der Waals surface area contributed by atoms with Gasteiger partial charge in [0.05, 0.1) is 11.0 Å². The zero-order valence-electron chi connectivity index (χ0n) is 8.27. The third-order valence-electron chi connectivity index (χ3n) is 3.69. The Morgan fingerprint density at radius 1 is 0.933 bits per heavy atom. The van der Waals surface area contributed by atoms with Crippen LogP contribution in [0.5, 0.6) is 0 Å².